The number of carbonyl (C=O) groups is 5. The maximum atomic E-state index is 13.0. The Balaban J connectivity index is 0.716. The van der Waals surface area contributed by atoms with E-state index < -0.39 is 35.6 Å². The zero-order chi connectivity index (χ0) is 54.0. The van der Waals surface area contributed by atoms with Crippen LogP contribution in [0.4, 0.5) is 0 Å². The Morgan fingerprint density at radius 1 is 0.500 bits per heavy atom. The van der Waals surface area contributed by atoms with Crippen LogP contribution in [0.2, 0.25) is 0 Å². The number of benzene rings is 3. The van der Waals surface area contributed by atoms with Crippen LogP contribution in [0.5, 0.6) is 23.0 Å². The normalized spacial score (nSPS) is 13.2. The van der Waals surface area contributed by atoms with Crippen LogP contribution in [0.1, 0.15) is 62.6 Å². The summed E-state index contributed by atoms with van der Waals surface area (Å²) in [5.41, 5.74) is 1.47. The van der Waals surface area contributed by atoms with Crippen molar-refractivity contribution in [2.24, 2.45) is 0 Å². The van der Waals surface area contributed by atoms with Gasteiger partial charge in [0.15, 0.2) is 0 Å². The standard InChI is InChI=1S/C52H70N2O22/c55-39-2-5-42-45(36-39)75-46-37-40(56)3-6-43(46)50(42)41-4-1-38(35-44(41)52(61)62)51(60)53-10-12-64-14-16-66-18-20-68-22-24-70-26-28-72-30-32-74-34-33-73-31-29-71-27-25-69-23-21-67-19-17-65-15-13-63-11-9-49(59)76-54-47(57)7-8-48(54)58/h1-6,35-37,50,55-56H,7-34H2,(H,53,60)(H,61,62)/p-1. The minimum atomic E-state index is -1.47. The summed E-state index contributed by atoms with van der Waals surface area (Å²) < 4.78 is 71.6. The Morgan fingerprint density at radius 2 is 0.855 bits per heavy atom. The van der Waals surface area contributed by atoms with E-state index in [4.69, 9.17) is 66.4 Å². The van der Waals surface area contributed by atoms with E-state index in [0.717, 1.165) is 0 Å². The quantitative estimate of drug-likeness (QED) is 0.0420. The van der Waals surface area contributed by atoms with Crippen molar-refractivity contribution >= 4 is 29.7 Å². The van der Waals surface area contributed by atoms with Crippen molar-refractivity contribution in [3.8, 4) is 23.0 Å². The van der Waals surface area contributed by atoms with Gasteiger partial charge in [0.2, 0.25) is 0 Å². The minimum absolute atomic E-state index is 0.0451. The van der Waals surface area contributed by atoms with E-state index in [2.05, 4.69) is 5.32 Å². The number of hydrogen-bond acceptors (Lipinski definition) is 22. The molecule has 0 saturated carbocycles. The fraction of sp³-hybridized carbons (Fsp3) is 0.558. The van der Waals surface area contributed by atoms with Crippen LogP contribution in [0, 0.1) is 0 Å². The Morgan fingerprint density at radius 3 is 1.24 bits per heavy atom. The summed E-state index contributed by atoms with van der Waals surface area (Å²) in [4.78, 5) is 64.7. The van der Waals surface area contributed by atoms with Gasteiger partial charge in [-0.25, -0.2) is 4.79 Å². The molecule has 0 radical (unpaired) electrons. The molecule has 3 N–H and O–H groups in total. The first-order chi connectivity index (χ1) is 37.1. The van der Waals surface area contributed by atoms with Gasteiger partial charge in [-0.05, 0) is 29.8 Å². The molecule has 1 fully saturated rings. The summed E-state index contributed by atoms with van der Waals surface area (Å²) in [6.07, 6.45) is 0.00256. The number of aromatic carboxylic acids is 1. The summed E-state index contributed by atoms with van der Waals surface area (Å²) >= 11 is 0. The van der Waals surface area contributed by atoms with E-state index in [1.807, 2.05) is 0 Å². The van der Waals surface area contributed by atoms with Crippen molar-refractivity contribution in [1.29, 1.82) is 0 Å². The number of imide groups is 1. The van der Waals surface area contributed by atoms with Crippen molar-refractivity contribution < 1.29 is 106 Å². The number of ether oxygens (including phenoxy) is 13. The number of hydrogen-bond donors (Lipinski definition) is 3. The zero-order valence-electron chi connectivity index (χ0n) is 42.6. The molecule has 2 heterocycles. The van der Waals surface area contributed by atoms with Crippen molar-refractivity contribution in [3.05, 3.63) is 82.4 Å². The van der Waals surface area contributed by atoms with E-state index in [1.54, 1.807) is 18.2 Å². The summed E-state index contributed by atoms with van der Waals surface area (Å²) in [7, 11) is 0. The van der Waals surface area contributed by atoms with Crippen LogP contribution in [-0.4, -0.2) is 210 Å². The third-order valence-electron chi connectivity index (χ3n) is 11.0. The molecule has 24 heteroatoms. The van der Waals surface area contributed by atoms with Gasteiger partial charge in [-0.2, -0.15) is 0 Å². The number of phenols is 2. The SMILES string of the molecule is O=C(CCOCCOCCOCCOCCOCCOCCOCCOCCOCCOCCOCCOCCNC(=O)c1ccc(C2c3ccc(O)cc3Oc3cc(O)ccc32)c(C(=O)[O-])c1)ON1C(=O)CCC1=O. The minimum Gasteiger partial charge on any atom is -0.545 e. The Hall–Kier alpha value is -5.87. The molecule has 420 valence electrons. The molecule has 76 heavy (non-hydrogen) atoms. The van der Waals surface area contributed by atoms with Gasteiger partial charge in [0, 0.05) is 59.7 Å². The van der Waals surface area contributed by atoms with Crippen LogP contribution in [0.25, 0.3) is 0 Å². The number of carboxylic acids is 1. The van der Waals surface area contributed by atoms with Crippen molar-refractivity contribution in [2.75, 3.05) is 165 Å². The van der Waals surface area contributed by atoms with Gasteiger partial charge in [0.05, 0.1) is 171 Å². The first kappa shape index (κ1) is 61.0. The third kappa shape index (κ3) is 22.8. The van der Waals surface area contributed by atoms with Gasteiger partial charge >= 0.3 is 5.97 Å². The first-order valence-corrected chi connectivity index (χ1v) is 25.1. The number of carbonyl (C=O) groups excluding carboxylic acids is 5. The number of rotatable bonds is 43. The highest BCUT2D eigenvalue weighted by molar-refractivity contribution is 6.01. The lowest BCUT2D eigenvalue weighted by molar-refractivity contribution is -0.255. The Kier molecular flexibility index (Phi) is 29.1. The largest absolute Gasteiger partial charge is 0.545 e. The van der Waals surface area contributed by atoms with E-state index in [-0.39, 0.29) is 68.3 Å². The average Bonchev–Trinajstić information content (AvgIpc) is 3.72. The molecule has 0 unspecified atom stereocenters. The second kappa shape index (κ2) is 36.2. The summed E-state index contributed by atoms with van der Waals surface area (Å²) in [6.45, 7) is 9.17. The molecule has 0 spiro atoms. The van der Waals surface area contributed by atoms with Gasteiger partial charge in [-0.1, -0.05) is 18.2 Å². The van der Waals surface area contributed by atoms with E-state index in [9.17, 15) is 39.3 Å². The monoisotopic (exact) mass is 1070 g/mol. The molecule has 0 atom stereocenters. The highest BCUT2D eigenvalue weighted by Crippen LogP contribution is 2.49. The molecule has 3 amide bonds. The molecule has 2 aliphatic rings. The van der Waals surface area contributed by atoms with Gasteiger partial charge < -0.3 is 91.8 Å². The maximum Gasteiger partial charge on any atom is 0.335 e. The lowest BCUT2D eigenvalue weighted by Gasteiger charge is -2.30. The number of hydroxylamine groups is 2. The number of phenolic OH excluding ortho intramolecular Hbond substituents is 2. The molecule has 0 aliphatic carbocycles. The molecule has 1 saturated heterocycles. The van der Waals surface area contributed by atoms with Crippen LogP contribution >= 0.6 is 0 Å². The number of fused-ring (bicyclic) bond motifs is 2. The molecule has 3 aromatic carbocycles. The topological polar surface area (TPSA) is 293 Å². The number of carboxylic acid groups (broad SMARTS) is 1. The molecular weight excluding hydrogens is 1000 g/mol. The number of nitrogens with one attached hydrogen (secondary N) is 1. The fourth-order valence-electron chi connectivity index (χ4n) is 7.27. The Bertz CT molecular complexity index is 2160. The van der Waals surface area contributed by atoms with Crippen molar-refractivity contribution in [3.63, 3.8) is 0 Å². The summed E-state index contributed by atoms with van der Waals surface area (Å²) in [5.74, 6) is -3.85. The lowest BCUT2D eigenvalue weighted by Crippen LogP contribution is -2.32. The van der Waals surface area contributed by atoms with Crippen LogP contribution in [-0.2, 0) is 76.1 Å². The first-order valence-electron chi connectivity index (χ1n) is 25.1. The van der Waals surface area contributed by atoms with Gasteiger partial charge in [0.25, 0.3) is 17.7 Å². The number of aromatic hydroxyl groups is 2. The lowest BCUT2D eigenvalue weighted by atomic mass is 9.80. The summed E-state index contributed by atoms with van der Waals surface area (Å²) in [5, 5.41) is 35.7. The second-order valence-corrected chi connectivity index (χ2v) is 16.5. The second-order valence-electron chi connectivity index (χ2n) is 16.5. The highest BCUT2D eigenvalue weighted by Gasteiger charge is 2.33. The van der Waals surface area contributed by atoms with Gasteiger partial charge in [-0.3, -0.25) is 14.4 Å². The highest BCUT2D eigenvalue weighted by atomic mass is 16.7. The fourth-order valence-corrected chi connectivity index (χ4v) is 7.27. The van der Waals surface area contributed by atoms with E-state index in [0.29, 0.717) is 172 Å². The van der Waals surface area contributed by atoms with E-state index in [1.165, 1.54) is 36.4 Å². The van der Waals surface area contributed by atoms with Crippen LogP contribution in [0.3, 0.4) is 0 Å². The van der Waals surface area contributed by atoms with E-state index >= 15 is 0 Å². The summed E-state index contributed by atoms with van der Waals surface area (Å²) in [6, 6.07) is 13.4. The van der Waals surface area contributed by atoms with Crippen molar-refractivity contribution in [2.45, 2.75) is 25.2 Å². The molecule has 2 aliphatic heterocycles. The van der Waals surface area contributed by atoms with Gasteiger partial charge in [0.1, 0.15) is 23.0 Å². The number of nitrogens with zero attached hydrogens (tertiary/aromatic N) is 1. The molecule has 5 rings (SSSR count). The number of amides is 3. The predicted octanol–water partition coefficient (Wildman–Crippen LogP) is 1.67. The molecule has 3 aromatic rings. The van der Waals surface area contributed by atoms with Gasteiger partial charge in [-0.15, -0.1) is 5.06 Å². The Labute approximate surface area is 440 Å². The predicted molar refractivity (Wildman–Crippen MR) is 262 cm³/mol. The third-order valence-corrected chi connectivity index (χ3v) is 11.0. The van der Waals surface area contributed by atoms with Crippen LogP contribution in [0.15, 0.2) is 54.6 Å². The maximum absolute atomic E-state index is 13.0. The molecule has 0 bridgehead atoms. The smallest absolute Gasteiger partial charge is 0.335 e. The molecular formula is C52H69N2O22-. The van der Waals surface area contributed by atoms with Crippen molar-refractivity contribution in [1.82, 2.24) is 10.4 Å². The average molecular weight is 1070 g/mol. The molecule has 24 nitrogen and oxygen atoms in total. The zero-order valence-corrected chi connectivity index (χ0v) is 42.6. The molecule has 0 aromatic heterocycles. The van der Waals surface area contributed by atoms with Crippen LogP contribution < -0.4 is 15.2 Å².